The molecule has 0 saturated heterocycles. The fraction of sp³-hybridized carbons (Fsp3) is 0.368. The summed E-state index contributed by atoms with van der Waals surface area (Å²) in [6.45, 7) is 2.39. The third-order valence-corrected chi connectivity index (χ3v) is 8.25. The van der Waals surface area contributed by atoms with Crippen LogP contribution in [0.15, 0.2) is 58.2 Å². The minimum atomic E-state index is 0.116. The number of hydrogen-bond acceptors (Lipinski definition) is 1. The van der Waals surface area contributed by atoms with Crippen LogP contribution < -0.4 is 0 Å². The van der Waals surface area contributed by atoms with Crippen molar-refractivity contribution < 1.29 is 0 Å². The quantitative estimate of drug-likeness (QED) is 0.634. The summed E-state index contributed by atoms with van der Waals surface area (Å²) in [4.78, 5) is 6.53. The first-order chi connectivity index (χ1) is 10.6. The topological polar surface area (TPSA) is 12.4 Å². The molecule has 1 aliphatic carbocycles. The number of halogens is 1. The molecule has 0 fully saturated rings. The fourth-order valence-electron chi connectivity index (χ4n) is 4.14. The van der Waals surface area contributed by atoms with Crippen molar-refractivity contribution >= 4 is 33.2 Å². The lowest BCUT2D eigenvalue weighted by molar-refractivity contribution is 0.457. The van der Waals surface area contributed by atoms with E-state index in [9.17, 15) is 0 Å². The zero-order chi connectivity index (χ0) is 15.3. The first-order valence-corrected chi connectivity index (χ1v) is 9.88. The van der Waals surface area contributed by atoms with Gasteiger partial charge in [-0.05, 0) is 40.9 Å². The molecule has 1 nitrogen and oxygen atoms in total. The average Bonchev–Trinajstić information content (AvgIpc) is 2.79. The lowest BCUT2D eigenvalue weighted by atomic mass is 9.67. The van der Waals surface area contributed by atoms with Gasteiger partial charge in [0.05, 0.1) is 5.70 Å². The van der Waals surface area contributed by atoms with Gasteiger partial charge in [-0.25, -0.2) is 0 Å². The van der Waals surface area contributed by atoms with Crippen molar-refractivity contribution in [1.82, 2.24) is 0 Å². The molecule has 3 aliphatic rings. The third-order valence-electron chi connectivity index (χ3n) is 5.27. The van der Waals surface area contributed by atoms with E-state index in [4.69, 9.17) is 16.6 Å². The van der Waals surface area contributed by atoms with Gasteiger partial charge in [0.15, 0.2) is 0 Å². The minimum absolute atomic E-state index is 0.116. The molecule has 0 N–H and O–H groups in total. The molecule has 0 bridgehead atoms. The molecule has 1 aromatic rings. The maximum Gasteiger partial charge on any atom is 0.0525 e. The van der Waals surface area contributed by atoms with Crippen LogP contribution in [0.25, 0.3) is 0 Å². The van der Waals surface area contributed by atoms with E-state index in [0.29, 0.717) is 16.4 Å². The van der Waals surface area contributed by atoms with E-state index in [0.717, 1.165) is 16.7 Å². The smallest absolute Gasteiger partial charge is 0.0525 e. The Morgan fingerprint density at radius 1 is 1.27 bits per heavy atom. The van der Waals surface area contributed by atoms with E-state index < -0.39 is 0 Å². The molecule has 1 spiro atoms. The van der Waals surface area contributed by atoms with Gasteiger partial charge in [-0.15, -0.1) is 0 Å². The second kappa shape index (κ2) is 5.21. The molecule has 0 aromatic heterocycles. The summed E-state index contributed by atoms with van der Waals surface area (Å²) in [7, 11) is 0.309. The predicted octanol–water partition coefficient (Wildman–Crippen LogP) is 5.11. The van der Waals surface area contributed by atoms with Crippen LogP contribution >= 0.6 is 22.1 Å². The van der Waals surface area contributed by atoms with Crippen molar-refractivity contribution in [3.63, 3.8) is 0 Å². The molecule has 4 rings (SSSR count). The lowest BCUT2D eigenvalue weighted by Crippen LogP contribution is -2.38. The van der Waals surface area contributed by atoms with E-state index in [-0.39, 0.29) is 5.41 Å². The normalized spacial score (nSPS) is 36.5. The van der Waals surface area contributed by atoms with Crippen LogP contribution in [0, 0.1) is 5.41 Å². The van der Waals surface area contributed by atoms with Gasteiger partial charge >= 0.3 is 0 Å². The summed E-state index contributed by atoms with van der Waals surface area (Å²) in [5, 5.41) is 1.56. The maximum absolute atomic E-state index is 6.25. The highest BCUT2D eigenvalue weighted by Crippen LogP contribution is 2.57. The van der Waals surface area contributed by atoms with Gasteiger partial charge in [0.2, 0.25) is 0 Å². The van der Waals surface area contributed by atoms with E-state index in [1.807, 2.05) is 0 Å². The molecule has 0 saturated carbocycles. The van der Waals surface area contributed by atoms with Crippen LogP contribution in [-0.4, -0.2) is 22.6 Å². The Balaban J connectivity index is 1.91. The summed E-state index contributed by atoms with van der Waals surface area (Å²) in [5.41, 5.74) is 2.67. The van der Waals surface area contributed by atoms with Crippen LogP contribution in [0.2, 0.25) is 0 Å². The van der Waals surface area contributed by atoms with E-state index in [1.54, 1.807) is 4.86 Å². The molecule has 2 heterocycles. The molecule has 4 unspecified atom stereocenters. The fourth-order valence-corrected chi connectivity index (χ4v) is 6.77. The number of nitrogens with zero attached hydrogens (tertiary/aromatic N) is 1. The minimum Gasteiger partial charge on any atom is -0.264 e. The van der Waals surface area contributed by atoms with Crippen molar-refractivity contribution in [1.29, 1.82) is 0 Å². The van der Waals surface area contributed by atoms with Gasteiger partial charge in [-0.3, -0.25) is 4.99 Å². The molecule has 0 amide bonds. The molecule has 0 radical (unpaired) electrons. The summed E-state index contributed by atoms with van der Waals surface area (Å²) in [6, 6.07) is 10.8. The Bertz CT molecular complexity index is 744. The molecular weight excluding hydrogens is 310 g/mol. The Morgan fingerprint density at radius 3 is 2.82 bits per heavy atom. The second-order valence-corrected chi connectivity index (χ2v) is 9.30. The van der Waals surface area contributed by atoms with Crippen molar-refractivity contribution in [2.45, 2.75) is 30.9 Å². The monoisotopic (exact) mass is 329 g/mol. The average molecular weight is 330 g/mol. The summed E-state index contributed by atoms with van der Waals surface area (Å²) in [5.74, 6) is 0.349. The first kappa shape index (κ1) is 14.5. The highest BCUT2D eigenvalue weighted by Gasteiger charge is 2.50. The highest BCUT2D eigenvalue weighted by atomic mass is 35.5. The molecular formula is C19H20ClNS. The van der Waals surface area contributed by atoms with Gasteiger partial charge in [-0.1, -0.05) is 54.9 Å². The van der Waals surface area contributed by atoms with Crippen molar-refractivity contribution in [3.05, 3.63) is 58.8 Å². The second-order valence-electron chi connectivity index (χ2n) is 6.51. The van der Waals surface area contributed by atoms with E-state index >= 15 is 0 Å². The Labute approximate surface area is 139 Å². The van der Waals surface area contributed by atoms with Gasteiger partial charge < -0.3 is 0 Å². The van der Waals surface area contributed by atoms with E-state index in [2.05, 4.69) is 61.9 Å². The standard InChI is InChI=1S/C19H20ClNS/c1-13-11-19-9-8-15(20)10-17(19)21-12-16(18(19)22(13)2)14-6-4-3-5-7-14/h3-8,10,12-13,16H,9,11H2,1-2H3. The Hall–Kier alpha value is -1.12. The largest absolute Gasteiger partial charge is 0.264 e. The number of hydrogen-bond donors (Lipinski definition) is 0. The van der Waals surface area contributed by atoms with Crippen LogP contribution in [0.4, 0.5) is 0 Å². The molecule has 22 heavy (non-hydrogen) atoms. The van der Waals surface area contributed by atoms with Gasteiger partial charge in [0, 0.05) is 22.6 Å². The van der Waals surface area contributed by atoms with Crippen LogP contribution in [0.3, 0.4) is 0 Å². The van der Waals surface area contributed by atoms with E-state index in [1.165, 1.54) is 17.7 Å². The molecule has 4 atom stereocenters. The summed E-state index contributed by atoms with van der Waals surface area (Å²) < 4.78 is 0. The summed E-state index contributed by atoms with van der Waals surface area (Å²) >= 11 is 6.25. The zero-order valence-electron chi connectivity index (χ0n) is 12.9. The van der Waals surface area contributed by atoms with Crippen LogP contribution in [0.1, 0.15) is 31.2 Å². The number of aliphatic imine (C=N–C) groups is 1. The number of rotatable bonds is 1. The Morgan fingerprint density at radius 2 is 2.05 bits per heavy atom. The van der Waals surface area contributed by atoms with Crippen molar-refractivity contribution in [2.24, 2.45) is 10.4 Å². The molecule has 3 heteroatoms. The molecule has 114 valence electrons. The first-order valence-electron chi connectivity index (χ1n) is 7.81. The van der Waals surface area contributed by atoms with Gasteiger partial charge in [-0.2, -0.15) is 10.5 Å². The highest BCUT2D eigenvalue weighted by molar-refractivity contribution is 8.16. The zero-order valence-corrected chi connectivity index (χ0v) is 14.5. The third kappa shape index (κ3) is 2.00. The summed E-state index contributed by atoms with van der Waals surface area (Å²) in [6.07, 6.45) is 11.0. The van der Waals surface area contributed by atoms with Crippen LogP contribution in [-0.2, 0) is 0 Å². The molecule has 2 aliphatic heterocycles. The SMILES string of the molecule is CC1CC23CC=C(Cl)C=C2N=CC(c2ccccc2)C3=S1C. The van der Waals surface area contributed by atoms with Crippen molar-refractivity contribution in [3.8, 4) is 0 Å². The Kier molecular flexibility index (Phi) is 3.43. The van der Waals surface area contributed by atoms with Gasteiger partial charge in [0.1, 0.15) is 0 Å². The predicted molar refractivity (Wildman–Crippen MR) is 99.3 cm³/mol. The van der Waals surface area contributed by atoms with Crippen LogP contribution in [0.5, 0.6) is 0 Å². The lowest BCUT2D eigenvalue weighted by Gasteiger charge is -2.40. The van der Waals surface area contributed by atoms with Gasteiger partial charge in [0.25, 0.3) is 0 Å². The number of benzene rings is 1. The number of allylic oxidation sites excluding steroid dienone is 4. The maximum atomic E-state index is 6.25. The van der Waals surface area contributed by atoms with Crippen molar-refractivity contribution in [2.75, 3.05) is 6.26 Å². The molecule has 1 aromatic carbocycles.